The number of alkyl halides is 3. The van der Waals surface area contributed by atoms with Crippen LogP contribution in [0.15, 0.2) is 29.3 Å². The van der Waals surface area contributed by atoms with Gasteiger partial charge in [-0.3, -0.25) is 4.90 Å². The average molecular weight is 503 g/mol. The molecule has 0 saturated carbocycles. The SMILES string of the molecule is Cc1cc2[nH]c(=O)[nH]c2cc1CN1CCC2(CCN(c3ncnc4sc(CC(F)(F)F)cc34)C2)C1. The van der Waals surface area contributed by atoms with Gasteiger partial charge in [-0.15, -0.1) is 11.3 Å². The molecule has 3 aromatic heterocycles. The number of benzene rings is 1. The molecule has 1 spiro atoms. The van der Waals surface area contributed by atoms with Crippen molar-refractivity contribution in [2.75, 3.05) is 31.1 Å². The smallest absolute Gasteiger partial charge is 0.355 e. The second kappa shape index (κ2) is 8.06. The van der Waals surface area contributed by atoms with Gasteiger partial charge in [0.15, 0.2) is 0 Å². The Morgan fingerprint density at radius 2 is 1.86 bits per heavy atom. The molecule has 0 radical (unpaired) electrons. The van der Waals surface area contributed by atoms with Crippen LogP contribution in [0.5, 0.6) is 0 Å². The van der Waals surface area contributed by atoms with E-state index < -0.39 is 12.6 Å². The molecule has 11 heteroatoms. The minimum atomic E-state index is -4.24. The number of thiophene rings is 1. The molecule has 1 unspecified atom stereocenters. The quantitative estimate of drug-likeness (QED) is 0.433. The number of hydrogen-bond acceptors (Lipinski definition) is 6. The van der Waals surface area contributed by atoms with Crippen molar-refractivity contribution in [3.63, 3.8) is 0 Å². The second-order valence-corrected chi connectivity index (χ2v) is 11.1. The molecule has 5 heterocycles. The van der Waals surface area contributed by atoms with E-state index in [4.69, 9.17) is 0 Å². The molecule has 2 N–H and O–H groups in total. The second-order valence-electron chi connectivity index (χ2n) is 9.96. The van der Waals surface area contributed by atoms with Crippen molar-refractivity contribution < 1.29 is 13.2 Å². The number of likely N-dealkylation sites (tertiary alicyclic amines) is 1. The molecule has 0 amide bonds. The van der Waals surface area contributed by atoms with Crippen LogP contribution in [0, 0.1) is 12.3 Å². The van der Waals surface area contributed by atoms with Crippen LogP contribution in [0.1, 0.15) is 28.8 Å². The van der Waals surface area contributed by atoms with Crippen LogP contribution in [0.4, 0.5) is 19.0 Å². The van der Waals surface area contributed by atoms with Gasteiger partial charge in [0.1, 0.15) is 17.0 Å². The molecule has 0 aliphatic carbocycles. The molecule has 184 valence electrons. The van der Waals surface area contributed by atoms with Gasteiger partial charge in [0.05, 0.1) is 22.8 Å². The molecule has 2 aliphatic heterocycles. The molecule has 4 aromatic rings. The van der Waals surface area contributed by atoms with E-state index in [0.29, 0.717) is 10.2 Å². The summed E-state index contributed by atoms with van der Waals surface area (Å²) in [5.74, 6) is 0.743. The number of H-pyrrole nitrogens is 2. The van der Waals surface area contributed by atoms with Crippen LogP contribution in [-0.2, 0) is 13.0 Å². The van der Waals surface area contributed by atoms with E-state index in [1.54, 1.807) is 6.07 Å². The molecule has 0 bridgehead atoms. The Balaban J connectivity index is 1.18. The lowest BCUT2D eigenvalue weighted by molar-refractivity contribution is -0.126. The van der Waals surface area contributed by atoms with Crippen LogP contribution in [0.2, 0.25) is 0 Å². The number of rotatable bonds is 4. The Bertz CT molecular complexity index is 1470. The summed E-state index contributed by atoms with van der Waals surface area (Å²) in [5, 5.41) is 0.716. The summed E-state index contributed by atoms with van der Waals surface area (Å²) in [6, 6.07) is 5.68. The van der Waals surface area contributed by atoms with Crippen molar-refractivity contribution in [1.82, 2.24) is 24.8 Å². The summed E-state index contributed by atoms with van der Waals surface area (Å²) in [7, 11) is 0. The monoisotopic (exact) mass is 502 g/mol. The molecular weight excluding hydrogens is 477 g/mol. The summed E-state index contributed by atoms with van der Waals surface area (Å²) in [6.07, 6.45) is -1.62. The molecule has 7 nitrogen and oxygen atoms in total. The number of anilines is 1. The van der Waals surface area contributed by atoms with Gasteiger partial charge in [-0.25, -0.2) is 14.8 Å². The topological polar surface area (TPSA) is 80.9 Å². The first kappa shape index (κ1) is 22.5. The van der Waals surface area contributed by atoms with E-state index in [1.165, 1.54) is 11.9 Å². The predicted molar refractivity (Wildman–Crippen MR) is 130 cm³/mol. The number of hydrogen-bond donors (Lipinski definition) is 2. The zero-order valence-corrected chi connectivity index (χ0v) is 20.0. The highest BCUT2D eigenvalue weighted by Gasteiger charge is 2.44. The Hall–Kier alpha value is -2.92. The number of aromatic amines is 2. The van der Waals surface area contributed by atoms with Gasteiger partial charge in [-0.1, -0.05) is 0 Å². The maximum absolute atomic E-state index is 12.9. The Labute approximate surface area is 203 Å². The molecule has 1 aromatic carbocycles. The molecule has 2 saturated heterocycles. The lowest BCUT2D eigenvalue weighted by atomic mass is 9.86. The molecular formula is C24H25F3N6OS. The third kappa shape index (κ3) is 4.31. The highest BCUT2D eigenvalue weighted by molar-refractivity contribution is 7.18. The van der Waals surface area contributed by atoms with E-state index in [1.807, 2.05) is 6.07 Å². The maximum Gasteiger partial charge on any atom is 0.393 e. The third-order valence-corrected chi connectivity index (χ3v) is 8.40. The first-order valence-corrected chi connectivity index (χ1v) is 12.5. The normalized spacial score (nSPS) is 21.3. The molecule has 6 rings (SSSR count). The first-order valence-electron chi connectivity index (χ1n) is 11.7. The fourth-order valence-electron chi connectivity index (χ4n) is 5.69. The van der Waals surface area contributed by atoms with Gasteiger partial charge in [-0.05, 0) is 55.6 Å². The van der Waals surface area contributed by atoms with E-state index >= 15 is 0 Å². The molecule has 2 fully saturated rings. The number of halogens is 3. The van der Waals surface area contributed by atoms with Gasteiger partial charge in [0.2, 0.25) is 0 Å². The lowest BCUT2D eigenvalue weighted by Gasteiger charge is -2.25. The van der Waals surface area contributed by atoms with Gasteiger partial charge in [0.25, 0.3) is 0 Å². The molecule has 35 heavy (non-hydrogen) atoms. The zero-order valence-electron chi connectivity index (χ0n) is 19.2. The van der Waals surface area contributed by atoms with Gasteiger partial charge < -0.3 is 14.9 Å². The number of aryl methyl sites for hydroxylation is 1. The Kier molecular flexibility index (Phi) is 5.19. The van der Waals surface area contributed by atoms with Crippen molar-refractivity contribution >= 4 is 38.4 Å². The minimum Gasteiger partial charge on any atom is -0.355 e. The number of nitrogens with zero attached hydrogens (tertiary/aromatic N) is 4. The largest absolute Gasteiger partial charge is 0.393 e. The summed E-state index contributed by atoms with van der Waals surface area (Å²) in [6.45, 7) is 6.50. The fourth-order valence-corrected chi connectivity index (χ4v) is 6.71. The lowest BCUT2D eigenvalue weighted by Crippen LogP contribution is -2.31. The molecule has 2 aliphatic rings. The van der Waals surface area contributed by atoms with Crippen molar-refractivity contribution in [1.29, 1.82) is 0 Å². The average Bonchev–Trinajstić information content (AvgIpc) is 3.54. The standard InChI is InChI=1S/C24H25F3N6OS/c1-14-6-18-19(31-22(34)30-18)7-15(14)10-32-4-2-23(11-32)3-5-33(12-23)20-17-8-16(9-24(25,26)27)35-21(17)29-13-28-20/h6-8,13H,2-5,9-12H2,1H3,(H2,30,31,34). The van der Waals surface area contributed by atoms with Crippen molar-refractivity contribution in [2.24, 2.45) is 5.41 Å². The van der Waals surface area contributed by atoms with Crippen LogP contribution in [-0.4, -0.2) is 57.2 Å². The number of aromatic nitrogens is 4. The number of nitrogens with one attached hydrogen (secondary N) is 2. The van der Waals surface area contributed by atoms with Crippen LogP contribution in [0.3, 0.4) is 0 Å². The van der Waals surface area contributed by atoms with Crippen LogP contribution < -0.4 is 10.6 Å². The van der Waals surface area contributed by atoms with E-state index in [-0.39, 0.29) is 16.0 Å². The predicted octanol–water partition coefficient (Wildman–Crippen LogP) is 4.38. The Morgan fingerprint density at radius 1 is 1.09 bits per heavy atom. The third-order valence-electron chi connectivity index (χ3n) is 7.36. The number of fused-ring (bicyclic) bond motifs is 2. The van der Waals surface area contributed by atoms with E-state index in [2.05, 4.69) is 42.7 Å². The fraction of sp³-hybridized carbons (Fsp3) is 0.458. The van der Waals surface area contributed by atoms with Crippen LogP contribution >= 0.6 is 11.3 Å². The van der Waals surface area contributed by atoms with Gasteiger partial charge in [0, 0.05) is 36.5 Å². The zero-order chi connectivity index (χ0) is 24.4. The summed E-state index contributed by atoms with van der Waals surface area (Å²) in [4.78, 5) is 31.5. The van der Waals surface area contributed by atoms with E-state index in [9.17, 15) is 18.0 Å². The highest BCUT2D eigenvalue weighted by atomic mass is 32.1. The van der Waals surface area contributed by atoms with Crippen molar-refractivity contribution in [3.8, 4) is 0 Å². The van der Waals surface area contributed by atoms with Gasteiger partial charge in [-0.2, -0.15) is 13.2 Å². The van der Waals surface area contributed by atoms with Crippen LogP contribution in [0.25, 0.3) is 21.3 Å². The molecule has 1 atom stereocenters. The first-order chi connectivity index (χ1) is 16.7. The summed E-state index contributed by atoms with van der Waals surface area (Å²) >= 11 is 1.10. The summed E-state index contributed by atoms with van der Waals surface area (Å²) < 4.78 is 38.7. The van der Waals surface area contributed by atoms with Crippen molar-refractivity contribution in [2.45, 2.75) is 38.9 Å². The number of imidazole rings is 1. The van der Waals surface area contributed by atoms with E-state index in [0.717, 1.165) is 79.3 Å². The summed E-state index contributed by atoms with van der Waals surface area (Å²) in [5.41, 5.74) is 3.94. The highest BCUT2D eigenvalue weighted by Crippen LogP contribution is 2.43. The minimum absolute atomic E-state index is 0.141. The van der Waals surface area contributed by atoms with Gasteiger partial charge >= 0.3 is 11.9 Å². The van der Waals surface area contributed by atoms with Crippen molar-refractivity contribution in [3.05, 3.63) is 51.0 Å². The maximum atomic E-state index is 12.9. The Morgan fingerprint density at radius 3 is 2.66 bits per heavy atom.